The van der Waals surface area contributed by atoms with Crippen molar-refractivity contribution in [3.63, 3.8) is 0 Å². The first kappa shape index (κ1) is 26.7. The molecule has 1 saturated heterocycles. The van der Waals surface area contributed by atoms with Crippen molar-refractivity contribution in [2.24, 2.45) is 0 Å². The maximum atomic E-state index is 12.7. The first-order valence-corrected chi connectivity index (χ1v) is 13.9. The molecular formula is C31H33N7O3. The molecule has 1 aliphatic rings. The summed E-state index contributed by atoms with van der Waals surface area (Å²) >= 11 is 0. The smallest absolute Gasteiger partial charge is 0.238 e. The van der Waals surface area contributed by atoms with Crippen molar-refractivity contribution >= 4 is 44.9 Å². The van der Waals surface area contributed by atoms with E-state index in [1.807, 2.05) is 60.7 Å². The van der Waals surface area contributed by atoms with Crippen LogP contribution in [0.4, 0.5) is 17.2 Å². The summed E-state index contributed by atoms with van der Waals surface area (Å²) in [6.07, 6.45) is 5.32. The number of nitrogens with one attached hydrogen (secondary N) is 3. The van der Waals surface area contributed by atoms with Gasteiger partial charge in [-0.3, -0.25) is 14.8 Å². The minimum atomic E-state index is -0.0125. The van der Waals surface area contributed by atoms with Gasteiger partial charge in [-0.15, -0.1) is 0 Å². The number of nitrogens with zero attached hydrogens (tertiary/aromatic N) is 4. The molecule has 1 fully saturated rings. The molecule has 0 spiro atoms. The van der Waals surface area contributed by atoms with Crippen LogP contribution in [0.25, 0.3) is 33.2 Å². The number of carbonyl (C=O) groups excluding carboxylic acids is 1. The number of carbonyl (C=O) groups is 1. The summed E-state index contributed by atoms with van der Waals surface area (Å²) in [5.74, 6) is 1.88. The van der Waals surface area contributed by atoms with Crippen molar-refractivity contribution in [1.29, 1.82) is 0 Å². The lowest BCUT2D eigenvalue weighted by Gasteiger charge is -2.25. The lowest BCUT2D eigenvalue weighted by atomic mass is 10.1. The molecule has 1 amide bonds. The zero-order valence-corrected chi connectivity index (χ0v) is 23.0. The van der Waals surface area contributed by atoms with Crippen LogP contribution in [0.1, 0.15) is 19.3 Å². The largest absolute Gasteiger partial charge is 0.491 e. The molecule has 210 valence electrons. The molecule has 0 radical (unpaired) electrons. The van der Waals surface area contributed by atoms with Crippen LogP contribution in [-0.4, -0.2) is 70.9 Å². The van der Waals surface area contributed by atoms with Crippen LogP contribution in [0.15, 0.2) is 66.9 Å². The number of aromatic nitrogens is 4. The van der Waals surface area contributed by atoms with Gasteiger partial charge >= 0.3 is 0 Å². The Bertz CT molecular complexity index is 1660. The molecule has 3 heterocycles. The zero-order valence-electron chi connectivity index (χ0n) is 23.0. The van der Waals surface area contributed by atoms with E-state index in [2.05, 4.69) is 25.7 Å². The third kappa shape index (κ3) is 6.45. The molecule has 0 aliphatic carbocycles. The van der Waals surface area contributed by atoms with E-state index in [4.69, 9.17) is 19.4 Å². The fraction of sp³-hybridized carbons (Fsp3) is 0.290. The number of methoxy groups -OCH3 is 1. The van der Waals surface area contributed by atoms with Crippen molar-refractivity contribution < 1.29 is 14.3 Å². The number of likely N-dealkylation sites (tertiary alicyclic amines) is 1. The second-order valence-electron chi connectivity index (χ2n) is 10.2. The summed E-state index contributed by atoms with van der Waals surface area (Å²) in [6.45, 7) is 3.29. The third-order valence-electron chi connectivity index (χ3n) is 7.15. The summed E-state index contributed by atoms with van der Waals surface area (Å²) in [7, 11) is 1.65. The second kappa shape index (κ2) is 12.3. The number of anilines is 3. The van der Waals surface area contributed by atoms with Crippen molar-refractivity contribution in [3.8, 4) is 17.1 Å². The lowest BCUT2D eigenvalue weighted by Crippen LogP contribution is -2.36. The predicted octanol–water partition coefficient (Wildman–Crippen LogP) is 5.37. The van der Waals surface area contributed by atoms with Gasteiger partial charge in [0.15, 0.2) is 5.82 Å². The number of benzene rings is 3. The van der Waals surface area contributed by atoms with Gasteiger partial charge in [-0.1, -0.05) is 18.6 Å². The molecule has 2 aromatic heterocycles. The fourth-order valence-corrected chi connectivity index (χ4v) is 5.08. The van der Waals surface area contributed by atoms with Gasteiger partial charge in [0.1, 0.15) is 18.2 Å². The fourth-order valence-electron chi connectivity index (χ4n) is 5.08. The van der Waals surface area contributed by atoms with E-state index in [-0.39, 0.29) is 5.91 Å². The van der Waals surface area contributed by atoms with Crippen molar-refractivity contribution in [2.75, 3.05) is 50.6 Å². The number of ether oxygens (including phenoxy) is 2. The van der Waals surface area contributed by atoms with E-state index >= 15 is 0 Å². The number of fused-ring (bicyclic) bond motifs is 2. The van der Waals surface area contributed by atoms with Crippen LogP contribution in [0.3, 0.4) is 0 Å². The van der Waals surface area contributed by atoms with Crippen LogP contribution in [0, 0.1) is 0 Å². The van der Waals surface area contributed by atoms with Crippen molar-refractivity contribution in [1.82, 2.24) is 25.1 Å². The second-order valence-corrected chi connectivity index (χ2v) is 10.2. The van der Waals surface area contributed by atoms with Gasteiger partial charge in [-0.05, 0) is 74.5 Å². The Morgan fingerprint density at radius 1 is 0.976 bits per heavy atom. The SMILES string of the molecule is COCCOc1ccc2nc(-c3cccc(NC(=O)CN4CCCCC4)c3)nc(Nc3ccc4[nH]ncc4c3)c2c1. The Morgan fingerprint density at radius 3 is 2.76 bits per heavy atom. The molecule has 0 atom stereocenters. The molecule has 5 aromatic rings. The van der Waals surface area contributed by atoms with E-state index < -0.39 is 0 Å². The van der Waals surface area contributed by atoms with E-state index in [0.29, 0.717) is 37.2 Å². The average Bonchev–Trinajstić information content (AvgIpc) is 3.46. The summed E-state index contributed by atoms with van der Waals surface area (Å²) in [5, 5.41) is 15.4. The highest BCUT2D eigenvalue weighted by Crippen LogP contribution is 2.31. The highest BCUT2D eigenvalue weighted by Gasteiger charge is 2.16. The van der Waals surface area contributed by atoms with E-state index in [1.54, 1.807) is 13.3 Å². The van der Waals surface area contributed by atoms with Crippen LogP contribution < -0.4 is 15.4 Å². The van der Waals surface area contributed by atoms with Gasteiger partial charge in [0, 0.05) is 34.8 Å². The number of amides is 1. The van der Waals surface area contributed by atoms with Gasteiger partial charge < -0.3 is 20.1 Å². The Hall–Kier alpha value is -4.54. The molecular weight excluding hydrogens is 518 g/mol. The van der Waals surface area contributed by atoms with Crippen LogP contribution in [0.5, 0.6) is 5.75 Å². The van der Waals surface area contributed by atoms with Gasteiger partial charge in [-0.25, -0.2) is 9.97 Å². The number of hydrogen-bond donors (Lipinski definition) is 3. The Morgan fingerprint density at radius 2 is 1.88 bits per heavy atom. The first-order valence-electron chi connectivity index (χ1n) is 13.9. The summed E-state index contributed by atoms with van der Waals surface area (Å²) < 4.78 is 11.0. The van der Waals surface area contributed by atoms with Crippen LogP contribution in [0.2, 0.25) is 0 Å². The lowest BCUT2D eigenvalue weighted by molar-refractivity contribution is -0.117. The zero-order chi connectivity index (χ0) is 28.0. The minimum Gasteiger partial charge on any atom is -0.491 e. The highest BCUT2D eigenvalue weighted by atomic mass is 16.5. The maximum absolute atomic E-state index is 12.7. The average molecular weight is 552 g/mol. The third-order valence-corrected chi connectivity index (χ3v) is 7.15. The van der Waals surface area contributed by atoms with Gasteiger partial charge in [-0.2, -0.15) is 5.10 Å². The Labute approximate surface area is 238 Å². The number of hydrogen-bond acceptors (Lipinski definition) is 8. The standard InChI is InChI=1S/C31H33N7O3/c1-40-14-15-41-25-9-11-28-26(18-25)31(34-24-8-10-27-22(17-24)19-32-37-27)36-30(35-28)21-6-5-7-23(16-21)33-29(39)20-38-12-3-2-4-13-38/h5-11,16-19H,2-4,12-15,20H2,1H3,(H,32,37)(H,33,39)(H,34,35,36). The van der Waals surface area contributed by atoms with Crippen molar-refractivity contribution in [2.45, 2.75) is 19.3 Å². The van der Waals surface area contributed by atoms with Gasteiger partial charge in [0.2, 0.25) is 5.91 Å². The monoisotopic (exact) mass is 551 g/mol. The van der Waals surface area contributed by atoms with Gasteiger partial charge in [0.25, 0.3) is 0 Å². The molecule has 41 heavy (non-hydrogen) atoms. The molecule has 10 nitrogen and oxygen atoms in total. The van der Waals surface area contributed by atoms with Gasteiger partial charge in [0.05, 0.1) is 30.4 Å². The molecule has 1 aliphatic heterocycles. The molecule has 3 aromatic carbocycles. The molecule has 6 rings (SSSR count). The predicted molar refractivity (Wildman–Crippen MR) is 161 cm³/mol. The minimum absolute atomic E-state index is 0.0125. The molecule has 10 heteroatoms. The number of aromatic amines is 1. The normalized spacial score (nSPS) is 13.9. The number of piperidine rings is 1. The first-order chi connectivity index (χ1) is 20.1. The quantitative estimate of drug-likeness (QED) is 0.199. The Balaban J connectivity index is 1.31. The molecule has 0 unspecified atom stereocenters. The summed E-state index contributed by atoms with van der Waals surface area (Å²) in [6, 6.07) is 19.4. The number of H-pyrrole nitrogens is 1. The van der Waals surface area contributed by atoms with E-state index in [0.717, 1.165) is 64.7 Å². The maximum Gasteiger partial charge on any atom is 0.238 e. The topological polar surface area (TPSA) is 117 Å². The van der Waals surface area contributed by atoms with Crippen LogP contribution >= 0.6 is 0 Å². The summed E-state index contributed by atoms with van der Waals surface area (Å²) in [5.41, 5.74) is 4.11. The Kier molecular flexibility index (Phi) is 8.01. The molecule has 0 saturated carbocycles. The van der Waals surface area contributed by atoms with E-state index in [9.17, 15) is 4.79 Å². The number of rotatable bonds is 10. The van der Waals surface area contributed by atoms with E-state index in [1.165, 1.54) is 6.42 Å². The van der Waals surface area contributed by atoms with Crippen molar-refractivity contribution in [3.05, 3.63) is 66.9 Å². The van der Waals surface area contributed by atoms with Crippen LogP contribution in [-0.2, 0) is 9.53 Å². The molecule has 3 N–H and O–H groups in total. The molecule has 0 bridgehead atoms. The highest BCUT2D eigenvalue weighted by molar-refractivity contribution is 5.95. The summed E-state index contributed by atoms with van der Waals surface area (Å²) in [4.78, 5) is 24.8.